The zero-order chi connectivity index (χ0) is 6.95. The molecule has 2 N–H and O–H groups in total. The quantitative estimate of drug-likeness (QED) is 0.246. The summed E-state index contributed by atoms with van der Waals surface area (Å²) in [5.41, 5.74) is 0. The summed E-state index contributed by atoms with van der Waals surface area (Å²) in [7, 11) is 2.41. The van der Waals surface area contributed by atoms with Gasteiger partial charge in [0.2, 0.25) is 0 Å². The summed E-state index contributed by atoms with van der Waals surface area (Å²) < 4.78 is 5.14. The van der Waals surface area contributed by atoms with Crippen molar-refractivity contribution in [3.05, 3.63) is 0 Å². The minimum Gasteiger partial charge on any atom is -0.351 e. The molecule has 5 heteroatoms. The van der Waals surface area contributed by atoms with Gasteiger partial charge in [0.1, 0.15) is 0 Å². The molecule has 0 atom stereocenters. The van der Waals surface area contributed by atoms with Crippen molar-refractivity contribution in [2.75, 3.05) is 25.8 Å². The molecule has 0 bridgehead atoms. The molecule has 0 amide bonds. The Morgan fingerprint density at radius 1 is 1.00 bits per heavy atom. The Labute approximate surface area is 62.4 Å². The van der Waals surface area contributed by atoms with Crippen LogP contribution in [0.5, 0.6) is 0 Å². The van der Waals surface area contributed by atoms with Gasteiger partial charge in [0.25, 0.3) is 0 Å². The van der Waals surface area contributed by atoms with Gasteiger partial charge < -0.3 is 4.74 Å². The molecular weight excluding hydrogens is 148 g/mol. The van der Waals surface area contributed by atoms with Gasteiger partial charge in [-0.25, -0.2) is 0 Å². The lowest BCUT2D eigenvalue weighted by atomic mass is 11.1. The first-order valence-corrected chi connectivity index (χ1v) is 6.23. The summed E-state index contributed by atoms with van der Waals surface area (Å²) in [6, 6.07) is 0. The Morgan fingerprint density at radius 3 is 1.78 bits per heavy atom. The summed E-state index contributed by atoms with van der Waals surface area (Å²) >= 11 is 0. The van der Waals surface area contributed by atoms with Crippen LogP contribution in [0.2, 0.25) is 0 Å². The predicted molar refractivity (Wildman–Crippen MR) is 46.7 cm³/mol. The Hall–Kier alpha value is 0.314. The van der Waals surface area contributed by atoms with Crippen LogP contribution in [-0.4, -0.2) is 46.3 Å². The standard InChI is InChI=1S/C4H16N2OSi2/c8-3-5-1-7-2-6-4-9/h5-6H,1-4H2,8-9H3. The number of hydrogen-bond acceptors (Lipinski definition) is 3. The van der Waals surface area contributed by atoms with Crippen LogP contribution in [0.1, 0.15) is 0 Å². The molecule has 0 aromatic rings. The van der Waals surface area contributed by atoms with Gasteiger partial charge in [-0.2, -0.15) is 0 Å². The molecule has 0 aliphatic heterocycles. The second kappa shape index (κ2) is 8.31. The van der Waals surface area contributed by atoms with E-state index in [0.717, 1.165) is 12.3 Å². The molecule has 0 aliphatic carbocycles. The summed E-state index contributed by atoms with van der Waals surface area (Å²) in [5, 5.41) is 6.24. The molecule has 9 heavy (non-hydrogen) atoms. The van der Waals surface area contributed by atoms with E-state index < -0.39 is 0 Å². The first-order chi connectivity index (χ1) is 4.41. The average molecular weight is 164 g/mol. The van der Waals surface area contributed by atoms with Crippen LogP contribution in [0, 0.1) is 0 Å². The molecule has 0 heterocycles. The lowest BCUT2D eigenvalue weighted by Gasteiger charge is -2.03. The van der Waals surface area contributed by atoms with E-state index >= 15 is 0 Å². The van der Waals surface area contributed by atoms with E-state index in [2.05, 4.69) is 10.6 Å². The van der Waals surface area contributed by atoms with Crippen molar-refractivity contribution in [3.63, 3.8) is 0 Å². The van der Waals surface area contributed by atoms with Crippen LogP contribution in [0.15, 0.2) is 0 Å². The van der Waals surface area contributed by atoms with Crippen LogP contribution in [0.25, 0.3) is 0 Å². The Morgan fingerprint density at radius 2 is 1.44 bits per heavy atom. The molecule has 0 aromatic carbocycles. The van der Waals surface area contributed by atoms with Crippen molar-refractivity contribution >= 4 is 20.5 Å². The Bertz CT molecular complexity index is 49.8. The molecule has 0 radical (unpaired) electrons. The van der Waals surface area contributed by atoms with Gasteiger partial charge in [-0.1, -0.05) is 0 Å². The van der Waals surface area contributed by atoms with E-state index in [1.165, 1.54) is 20.5 Å². The highest BCUT2D eigenvalue weighted by Crippen LogP contribution is 1.62. The van der Waals surface area contributed by atoms with Gasteiger partial charge in [-0.15, -0.1) is 0 Å². The highest BCUT2D eigenvalue weighted by Gasteiger charge is 1.80. The van der Waals surface area contributed by atoms with Gasteiger partial charge in [-0.3, -0.25) is 10.6 Å². The van der Waals surface area contributed by atoms with Crippen molar-refractivity contribution in [1.82, 2.24) is 10.6 Å². The van der Waals surface area contributed by atoms with E-state index in [4.69, 9.17) is 4.74 Å². The summed E-state index contributed by atoms with van der Waals surface area (Å²) in [6.07, 6.45) is 2.22. The Balaban J connectivity index is 2.60. The van der Waals surface area contributed by atoms with Crippen LogP contribution >= 0.6 is 0 Å². The highest BCUT2D eigenvalue weighted by atomic mass is 28.1. The molecule has 0 aromatic heterocycles. The number of ether oxygens (including phenoxy) is 1. The predicted octanol–water partition coefficient (Wildman–Crippen LogP) is -3.26. The number of hydrogen-bond donors (Lipinski definition) is 2. The second-order valence-electron chi connectivity index (χ2n) is 1.70. The van der Waals surface area contributed by atoms with Crippen LogP contribution in [0.3, 0.4) is 0 Å². The first-order valence-electron chi connectivity index (χ1n) is 3.41. The maximum absolute atomic E-state index is 5.14. The summed E-state index contributed by atoms with van der Waals surface area (Å²) in [5.74, 6) is 0. The highest BCUT2D eigenvalue weighted by molar-refractivity contribution is 6.08. The van der Waals surface area contributed by atoms with Crippen molar-refractivity contribution in [1.29, 1.82) is 0 Å². The number of rotatable bonds is 6. The lowest BCUT2D eigenvalue weighted by molar-refractivity contribution is 0.107. The molecular formula is C4H16N2OSi2. The maximum atomic E-state index is 5.14. The SMILES string of the molecule is [SiH3]CNCOCNC[SiH3]. The van der Waals surface area contributed by atoms with Gasteiger partial charge >= 0.3 is 0 Å². The molecule has 3 nitrogen and oxygen atoms in total. The van der Waals surface area contributed by atoms with Crippen molar-refractivity contribution < 1.29 is 4.74 Å². The third-order valence-electron chi connectivity index (χ3n) is 0.908. The fourth-order valence-electron chi connectivity index (χ4n) is 0.399. The lowest BCUT2D eigenvalue weighted by Crippen LogP contribution is -2.25. The van der Waals surface area contributed by atoms with Gasteiger partial charge in [0.15, 0.2) is 0 Å². The monoisotopic (exact) mass is 164 g/mol. The molecule has 0 saturated heterocycles. The first kappa shape index (κ1) is 9.31. The molecule has 0 fully saturated rings. The zero-order valence-corrected chi connectivity index (χ0v) is 10.2. The van der Waals surface area contributed by atoms with E-state index in [1.807, 2.05) is 0 Å². The van der Waals surface area contributed by atoms with Crippen molar-refractivity contribution in [2.45, 2.75) is 0 Å². The number of nitrogens with one attached hydrogen (secondary N) is 2. The maximum Gasteiger partial charge on any atom is 0.0980 e. The zero-order valence-electron chi connectivity index (χ0n) is 6.24. The fourth-order valence-corrected chi connectivity index (χ4v) is 0.808. The van der Waals surface area contributed by atoms with Crippen molar-refractivity contribution in [2.24, 2.45) is 0 Å². The van der Waals surface area contributed by atoms with Gasteiger partial charge in [0, 0.05) is 20.5 Å². The Kier molecular flexibility index (Phi) is 8.60. The topological polar surface area (TPSA) is 33.3 Å². The molecule has 0 spiro atoms. The molecule has 0 unspecified atom stereocenters. The molecule has 0 saturated carbocycles. The summed E-state index contributed by atoms with van der Waals surface area (Å²) in [6.45, 7) is 1.39. The normalized spacial score (nSPS) is 10.7. The molecule has 0 aliphatic rings. The summed E-state index contributed by atoms with van der Waals surface area (Å²) in [4.78, 5) is 0. The van der Waals surface area contributed by atoms with Crippen LogP contribution < -0.4 is 10.6 Å². The van der Waals surface area contributed by atoms with Crippen molar-refractivity contribution in [3.8, 4) is 0 Å². The van der Waals surface area contributed by atoms with E-state index in [1.54, 1.807) is 0 Å². The molecule has 56 valence electrons. The largest absolute Gasteiger partial charge is 0.351 e. The fraction of sp³-hybridized carbons (Fsp3) is 1.00. The van der Waals surface area contributed by atoms with Gasteiger partial charge in [0.05, 0.1) is 13.5 Å². The van der Waals surface area contributed by atoms with Gasteiger partial charge in [-0.05, 0) is 12.3 Å². The van der Waals surface area contributed by atoms with E-state index in [-0.39, 0.29) is 0 Å². The van der Waals surface area contributed by atoms with Crippen LogP contribution in [0.4, 0.5) is 0 Å². The second-order valence-corrected chi connectivity index (χ2v) is 3.11. The van der Waals surface area contributed by atoms with E-state index in [0.29, 0.717) is 13.5 Å². The third-order valence-corrected chi connectivity index (χ3v) is 1.91. The third kappa shape index (κ3) is 8.31. The smallest absolute Gasteiger partial charge is 0.0980 e. The minimum absolute atomic E-state index is 0.693. The van der Waals surface area contributed by atoms with E-state index in [9.17, 15) is 0 Å². The molecule has 0 rings (SSSR count). The minimum atomic E-state index is 0.693. The average Bonchev–Trinajstić information content (AvgIpc) is 1.89. The van der Waals surface area contributed by atoms with Crippen LogP contribution in [-0.2, 0) is 4.74 Å².